The molecule has 0 spiro atoms. The van der Waals surface area contributed by atoms with E-state index in [1.54, 1.807) is 0 Å². The van der Waals surface area contributed by atoms with Crippen molar-refractivity contribution in [2.24, 2.45) is 5.73 Å². The highest BCUT2D eigenvalue weighted by molar-refractivity contribution is 9.10. The van der Waals surface area contributed by atoms with E-state index in [1.807, 2.05) is 0 Å². The van der Waals surface area contributed by atoms with Gasteiger partial charge in [-0.15, -0.1) is 0 Å². The summed E-state index contributed by atoms with van der Waals surface area (Å²) in [7, 11) is 0. The molecule has 1 nitrogen and oxygen atoms in total. The second-order valence-electron chi connectivity index (χ2n) is 2.59. The second kappa shape index (κ2) is 5.08. The first-order chi connectivity index (χ1) is 6.65. The molecule has 0 saturated carbocycles. The SMILES string of the molecule is NCCC#Cc1cc(F)c(Br)c(F)c1. The van der Waals surface area contributed by atoms with Gasteiger partial charge in [-0.25, -0.2) is 8.78 Å². The van der Waals surface area contributed by atoms with E-state index < -0.39 is 11.6 Å². The Morgan fingerprint density at radius 2 is 1.86 bits per heavy atom. The first-order valence-electron chi connectivity index (χ1n) is 3.98. The lowest BCUT2D eigenvalue weighted by Gasteiger charge is -1.97. The van der Waals surface area contributed by atoms with Crippen LogP contribution in [0.15, 0.2) is 16.6 Å². The minimum Gasteiger partial charge on any atom is -0.330 e. The monoisotopic (exact) mass is 259 g/mol. The highest BCUT2D eigenvalue weighted by atomic mass is 79.9. The normalized spacial score (nSPS) is 9.43. The number of halogens is 3. The molecule has 4 heteroatoms. The predicted molar refractivity (Wildman–Crippen MR) is 54.6 cm³/mol. The molecule has 0 fully saturated rings. The molecular formula is C10H8BrF2N. The average molecular weight is 260 g/mol. The molecule has 74 valence electrons. The summed E-state index contributed by atoms with van der Waals surface area (Å²) in [4.78, 5) is 0. The maximum atomic E-state index is 13.0. The molecule has 1 aromatic rings. The van der Waals surface area contributed by atoms with Gasteiger partial charge in [-0.3, -0.25) is 0 Å². The van der Waals surface area contributed by atoms with Gasteiger partial charge in [0.2, 0.25) is 0 Å². The molecular weight excluding hydrogens is 252 g/mol. The molecule has 0 bridgehead atoms. The Balaban J connectivity index is 2.97. The van der Waals surface area contributed by atoms with E-state index in [0.29, 0.717) is 18.5 Å². The van der Waals surface area contributed by atoms with Gasteiger partial charge in [-0.05, 0) is 28.1 Å². The van der Waals surface area contributed by atoms with E-state index in [-0.39, 0.29) is 4.47 Å². The highest BCUT2D eigenvalue weighted by Crippen LogP contribution is 2.20. The van der Waals surface area contributed by atoms with Crippen molar-refractivity contribution in [3.05, 3.63) is 33.8 Å². The lowest BCUT2D eigenvalue weighted by atomic mass is 10.2. The van der Waals surface area contributed by atoms with Gasteiger partial charge in [-0.2, -0.15) is 0 Å². The number of hydrogen-bond acceptors (Lipinski definition) is 1. The van der Waals surface area contributed by atoms with Crippen LogP contribution in [-0.4, -0.2) is 6.54 Å². The Labute approximate surface area is 89.4 Å². The summed E-state index contributed by atoms with van der Waals surface area (Å²) in [5.41, 5.74) is 5.53. The van der Waals surface area contributed by atoms with Gasteiger partial charge < -0.3 is 5.73 Å². The molecule has 0 unspecified atom stereocenters. The zero-order chi connectivity index (χ0) is 10.6. The zero-order valence-electron chi connectivity index (χ0n) is 7.28. The average Bonchev–Trinajstić information content (AvgIpc) is 2.14. The maximum Gasteiger partial charge on any atom is 0.141 e. The maximum absolute atomic E-state index is 13.0. The summed E-state index contributed by atoms with van der Waals surface area (Å²) in [6.45, 7) is 0.439. The molecule has 0 saturated heterocycles. The molecule has 0 heterocycles. The first-order valence-corrected chi connectivity index (χ1v) is 4.78. The summed E-state index contributed by atoms with van der Waals surface area (Å²) in [6.07, 6.45) is 0.513. The van der Waals surface area contributed by atoms with Gasteiger partial charge in [0.05, 0.1) is 4.47 Å². The Kier molecular flexibility index (Phi) is 4.05. The fourth-order valence-corrected chi connectivity index (χ4v) is 1.09. The molecule has 0 aromatic heterocycles. The van der Waals surface area contributed by atoms with E-state index in [2.05, 4.69) is 27.8 Å². The van der Waals surface area contributed by atoms with Gasteiger partial charge in [0.25, 0.3) is 0 Å². The summed E-state index contributed by atoms with van der Waals surface area (Å²) < 4.78 is 25.8. The van der Waals surface area contributed by atoms with Gasteiger partial charge >= 0.3 is 0 Å². The van der Waals surface area contributed by atoms with Crippen molar-refractivity contribution in [1.29, 1.82) is 0 Å². The molecule has 1 rings (SSSR count). The number of hydrogen-bond donors (Lipinski definition) is 1. The molecule has 2 N–H and O–H groups in total. The van der Waals surface area contributed by atoms with Crippen molar-refractivity contribution in [2.75, 3.05) is 6.54 Å². The second-order valence-corrected chi connectivity index (χ2v) is 3.39. The Morgan fingerprint density at radius 1 is 1.29 bits per heavy atom. The van der Waals surface area contributed by atoms with E-state index in [4.69, 9.17) is 5.73 Å². The van der Waals surface area contributed by atoms with Crippen molar-refractivity contribution >= 4 is 15.9 Å². The van der Waals surface area contributed by atoms with Crippen LogP contribution in [0, 0.1) is 23.5 Å². The molecule has 14 heavy (non-hydrogen) atoms. The molecule has 0 amide bonds. The first kappa shape index (κ1) is 11.2. The van der Waals surface area contributed by atoms with E-state index in [9.17, 15) is 8.78 Å². The standard InChI is InChI=1S/C10H8BrF2N/c11-10-8(12)5-7(6-9(10)13)3-1-2-4-14/h5-6H,2,4,14H2. The number of nitrogens with two attached hydrogens (primary N) is 1. The van der Waals surface area contributed by atoms with Crippen LogP contribution in [0.3, 0.4) is 0 Å². The van der Waals surface area contributed by atoms with Gasteiger partial charge in [0, 0.05) is 18.5 Å². The molecule has 0 aliphatic heterocycles. The third-order valence-corrected chi connectivity index (χ3v) is 2.24. The third kappa shape index (κ3) is 2.79. The van der Waals surface area contributed by atoms with Crippen LogP contribution in [0.1, 0.15) is 12.0 Å². The lowest BCUT2D eigenvalue weighted by molar-refractivity contribution is 0.571. The van der Waals surface area contributed by atoms with Crippen LogP contribution >= 0.6 is 15.9 Å². The van der Waals surface area contributed by atoms with Crippen LogP contribution < -0.4 is 5.73 Å². The fourth-order valence-electron chi connectivity index (χ4n) is 0.864. The summed E-state index contributed by atoms with van der Waals surface area (Å²) >= 11 is 2.78. The van der Waals surface area contributed by atoms with Crippen LogP contribution in [0.4, 0.5) is 8.78 Å². The minimum absolute atomic E-state index is 0.165. The van der Waals surface area contributed by atoms with Gasteiger partial charge in [0.1, 0.15) is 11.6 Å². The number of rotatable bonds is 1. The Hall–Kier alpha value is -0.920. The quantitative estimate of drug-likeness (QED) is 0.609. The smallest absolute Gasteiger partial charge is 0.141 e. The van der Waals surface area contributed by atoms with E-state index in [1.165, 1.54) is 12.1 Å². The van der Waals surface area contributed by atoms with Crippen molar-refractivity contribution in [2.45, 2.75) is 6.42 Å². The Bertz CT molecular complexity index is 370. The van der Waals surface area contributed by atoms with Crippen LogP contribution in [0.2, 0.25) is 0 Å². The molecule has 0 aliphatic carbocycles. The molecule has 0 atom stereocenters. The van der Waals surface area contributed by atoms with Crippen molar-refractivity contribution in [3.63, 3.8) is 0 Å². The van der Waals surface area contributed by atoms with E-state index in [0.717, 1.165) is 0 Å². The van der Waals surface area contributed by atoms with Crippen molar-refractivity contribution in [3.8, 4) is 11.8 Å². The summed E-state index contributed by atoms with van der Waals surface area (Å²) in [5.74, 6) is 4.02. The van der Waals surface area contributed by atoms with Gasteiger partial charge in [0.15, 0.2) is 0 Å². The van der Waals surface area contributed by atoms with Crippen LogP contribution in [0.25, 0.3) is 0 Å². The highest BCUT2D eigenvalue weighted by Gasteiger charge is 2.06. The fraction of sp³-hybridized carbons (Fsp3) is 0.200. The molecule has 0 aliphatic rings. The Morgan fingerprint density at radius 3 is 2.36 bits per heavy atom. The van der Waals surface area contributed by atoms with Crippen molar-refractivity contribution < 1.29 is 8.78 Å². The lowest BCUT2D eigenvalue weighted by Crippen LogP contribution is -1.95. The van der Waals surface area contributed by atoms with Gasteiger partial charge in [-0.1, -0.05) is 11.8 Å². The number of benzene rings is 1. The largest absolute Gasteiger partial charge is 0.330 e. The van der Waals surface area contributed by atoms with Crippen LogP contribution in [0.5, 0.6) is 0 Å². The summed E-state index contributed by atoms with van der Waals surface area (Å²) in [5, 5.41) is 0. The predicted octanol–water partition coefficient (Wildman–Crippen LogP) is 2.43. The minimum atomic E-state index is -0.651. The van der Waals surface area contributed by atoms with Crippen molar-refractivity contribution in [1.82, 2.24) is 0 Å². The summed E-state index contributed by atoms with van der Waals surface area (Å²) in [6, 6.07) is 2.35. The van der Waals surface area contributed by atoms with Crippen LogP contribution in [-0.2, 0) is 0 Å². The van der Waals surface area contributed by atoms with E-state index >= 15 is 0 Å². The third-order valence-electron chi connectivity index (χ3n) is 1.49. The molecule has 0 radical (unpaired) electrons. The molecule has 1 aromatic carbocycles. The zero-order valence-corrected chi connectivity index (χ0v) is 8.87. The topological polar surface area (TPSA) is 26.0 Å².